The number of hydrogen-bond acceptors (Lipinski definition) is 2. The first kappa shape index (κ1) is 13.7. The van der Waals surface area contributed by atoms with Gasteiger partial charge in [-0.15, -0.1) is 0 Å². The maximum Gasteiger partial charge on any atom is 0.123 e. The molecule has 2 N–H and O–H groups in total. The smallest absolute Gasteiger partial charge is 0.123 e. The van der Waals surface area contributed by atoms with Crippen molar-refractivity contribution in [2.75, 3.05) is 7.05 Å². The van der Waals surface area contributed by atoms with Gasteiger partial charge in [-0.2, -0.15) is 0 Å². The fourth-order valence-corrected chi connectivity index (χ4v) is 2.20. The Bertz CT molecular complexity index is 540. The molecule has 19 heavy (non-hydrogen) atoms. The molecule has 0 aromatic heterocycles. The second-order valence-corrected chi connectivity index (χ2v) is 4.78. The van der Waals surface area contributed by atoms with E-state index in [1.165, 1.54) is 11.6 Å². The molecule has 0 saturated heterocycles. The van der Waals surface area contributed by atoms with Crippen LogP contribution in [0.4, 0.5) is 4.39 Å². The summed E-state index contributed by atoms with van der Waals surface area (Å²) in [5.41, 5.74) is 9.10. The second kappa shape index (κ2) is 6.45. The summed E-state index contributed by atoms with van der Waals surface area (Å²) in [7, 11) is 2.03. The zero-order valence-corrected chi connectivity index (χ0v) is 11.1. The van der Waals surface area contributed by atoms with E-state index in [-0.39, 0.29) is 5.82 Å². The quantitative estimate of drug-likeness (QED) is 0.893. The van der Waals surface area contributed by atoms with Crippen LogP contribution < -0.4 is 5.73 Å². The summed E-state index contributed by atoms with van der Waals surface area (Å²) in [6.45, 7) is 2.07. The number of halogens is 1. The summed E-state index contributed by atoms with van der Waals surface area (Å²) in [5.74, 6) is -0.187. The minimum absolute atomic E-state index is 0.187. The molecular formula is C16H19FN2. The summed E-state index contributed by atoms with van der Waals surface area (Å²) in [6, 6.07) is 14.9. The van der Waals surface area contributed by atoms with Crippen molar-refractivity contribution < 1.29 is 4.39 Å². The van der Waals surface area contributed by atoms with Crippen molar-refractivity contribution in [3.05, 3.63) is 71.0 Å². The van der Waals surface area contributed by atoms with Crippen LogP contribution in [-0.4, -0.2) is 11.9 Å². The van der Waals surface area contributed by atoms with Gasteiger partial charge in [0.2, 0.25) is 0 Å². The molecule has 0 radical (unpaired) electrons. The van der Waals surface area contributed by atoms with Gasteiger partial charge in [-0.25, -0.2) is 4.39 Å². The third-order valence-corrected chi connectivity index (χ3v) is 3.12. The monoisotopic (exact) mass is 258 g/mol. The predicted molar refractivity (Wildman–Crippen MR) is 75.9 cm³/mol. The maximum absolute atomic E-state index is 13.1. The largest absolute Gasteiger partial charge is 0.326 e. The number of nitrogens with two attached hydrogens (primary N) is 1. The lowest BCUT2D eigenvalue weighted by Gasteiger charge is -2.18. The van der Waals surface area contributed by atoms with Gasteiger partial charge in [0.1, 0.15) is 5.82 Å². The summed E-state index contributed by atoms with van der Waals surface area (Å²) >= 11 is 0. The van der Waals surface area contributed by atoms with Crippen molar-refractivity contribution in [3.8, 4) is 0 Å². The van der Waals surface area contributed by atoms with Gasteiger partial charge in [0.05, 0.1) is 0 Å². The van der Waals surface area contributed by atoms with E-state index in [0.717, 1.165) is 24.2 Å². The Balaban J connectivity index is 2.03. The van der Waals surface area contributed by atoms with Crippen molar-refractivity contribution in [1.29, 1.82) is 0 Å². The van der Waals surface area contributed by atoms with Crippen molar-refractivity contribution in [2.24, 2.45) is 5.73 Å². The Morgan fingerprint density at radius 3 is 2.42 bits per heavy atom. The highest BCUT2D eigenvalue weighted by molar-refractivity contribution is 5.27. The third-order valence-electron chi connectivity index (χ3n) is 3.12. The molecule has 0 bridgehead atoms. The standard InChI is InChI=1S/C16H19FN2/c1-19(11-13-5-4-8-16(17)9-13)12-15-7-3-2-6-14(15)10-18/h2-9H,10-12,18H2,1H3. The van der Waals surface area contributed by atoms with E-state index >= 15 is 0 Å². The summed E-state index contributed by atoms with van der Waals surface area (Å²) in [6.07, 6.45) is 0. The van der Waals surface area contributed by atoms with Crippen molar-refractivity contribution in [2.45, 2.75) is 19.6 Å². The lowest BCUT2D eigenvalue weighted by Crippen LogP contribution is -2.18. The molecule has 0 spiro atoms. The van der Waals surface area contributed by atoms with Gasteiger partial charge in [0, 0.05) is 19.6 Å². The van der Waals surface area contributed by atoms with Gasteiger partial charge in [-0.1, -0.05) is 36.4 Å². The zero-order valence-electron chi connectivity index (χ0n) is 11.1. The molecule has 0 aliphatic rings. The predicted octanol–water partition coefficient (Wildman–Crippen LogP) is 2.92. The van der Waals surface area contributed by atoms with Crippen LogP contribution in [0, 0.1) is 5.82 Å². The van der Waals surface area contributed by atoms with Crippen LogP contribution in [-0.2, 0) is 19.6 Å². The first-order valence-electron chi connectivity index (χ1n) is 6.39. The topological polar surface area (TPSA) is 29.3 Å². The van der Waals surface area contributed by atoms with E-state index in [1.807, 2.05) is 31.3 Å². The minimum atomic E-state index is -0.187. The van der Waals surface area contributed by atoms with E-state index in [4.69, 9.17) is 5.73 Å². The average Bonchev–Trinajstić information content (AvgIpc) is 2.39. The van der Waals surface area contributed by atoms with E-state index < -0.39 is 0 Å². The molecule has 100 valence electrons. The number of rotatable bonds is 5. The Labute approximate surface area is 113 Å². The fourth-order valence-electron chi connectivity index (χ4n) is 2.20. The van der Waals surface area contributed by atoms with Crippen molar-refractivity contribution in [3.63, 3.8) is 0 Å². The second-order valence-electron chi connectivity index (χ2n) is 4.78. The molecular weight excluding hydrogens is 239 g/mol. The van der Waals surface area contributed by atoms with Gasteiger partial charge in [-0.3, -0.25) is 4.90 Å². The highest BCUT2D eigenvalue weighted by Gasteiger charge is 2.05. The molecule has 0 saturated carbocycles. The molecule has 0 atom stereocenters. The molecule has 3 heteroatoms. The molecule has 2 nitrogen and oxygen atoms in total. The fraction of sp³-hybridized carbons (Fsp3) is 0.250. The molecule has 0 fully saturated rings. The molecule has 2 aromatic carbocycles. The minimum Gasteiger partial charge on any atom is -0.326 e. The lowest BCUT2D eigenvalue weighted by atomic mass is 10.1. The van der Waals surface area contributed by atoms with Crippen LogP contribution in [0.5, 0.6) is 0 Å². The van der Waals surface area contributed by atoms with Crippen LogP contribution in [0.15, 0.2) is 48.5 Å². The summed E-state index contributed by atoms with van der Waals surface area (Å²) in [5, 5.41) is 0. The molecule has 0 unspecified atom stereocenters. The van der Waals surface area contributed by atoms with Crippen LogP contribution >= 0.6 is 0 Å². The molecule has 2 aromatic rings. The summed E-state index contributed by atoms with van der Waals surface area (Å²) < 4.78 is 13.1. The van der Waals surface area contributed by atoms with E-state index in [9.17, 15) is 4.39 Å². The average molecular weight is 258 g/mol. The van der Waals surface area contributed by atoms with Crippen LogP contribution in [0.2, 0.25) is 0 Å². The first-order valence-corrected chi connectivity index (χ1v) is 6.39. The van der Waals surface area contributed by atoms with Gasteiger partial charge < -0.3 is 5.73 Å². The highest BCUT2D eigenvalue weighted by atomic mass is 19.1. The van der Waals surface area contributed by atoms with E-state index in [0.29, 0.717) is 6.54 Å². The Morgan fingerprint density at radius 1 is 1.00 bits per heavy atom. The SMILES string of the molecule is CN(Cc1cccc(F)c1)Cc1ccccc1CN. The normalized spacial score (nSPS) is 10.9. The van der Waals surface area contributed by atoms with E-state index in [2.05, 4.69) is 11.0 Å². The van der Waals surface area contributed by atoms with Crippen LogP contribution in [0.3, 0.4) is 0 Å². The molecule has 0 aliphatic carbocycles. The Kier molecular flexibility index (Phi) is 4.66. The number of hydrogen-bond donors (Lipinski definition) is 1. The first-order chi connectivity index (χ1) is 9.19. The maximum atomic E-state index is 13.1. The van der Waals surface area contributed by atoms with Crippen LogP contribution in [0.1, 0.15) is 16.7 Å². The van der Waals surface area contributed by atoms with Crippen LogP contribution in [0.25, 0.3) is 0 Å². The Morgan fingerprint density at radius 2 is 1.74 bits per heavy atom. The molecule has 0 aliphatic heterocycles. The molecule has 2 rings (SSSR count). The zero-order chi connectivity index (χ0) is 13.7. The van der Waals surface area contributed by atoms with Crippen molar-refractivity contribution in [1.82, 2.24) is 4.90 Å². The van der Waals surface area contributed by atoms with Gasteiger partial charge in [0.15, 0.2) is 0 Å². The van der Waals surface area contributed by atoms with Gasteiger partial charge in [0.25, 0.3) is 0 Å². The molecule has 0 amide bonds. The molecule has 0 heterocycles. The summed E-state index contributed by atoms with van der Waals surface area (Å²) in [4.78, 5) is 2.16. The van der Waals surface area contributed by atoms with Gasteiger partial charge in [-0.05, 0) is 35.9 Å². The Hall–Kier alpha value is -1.71. The third kappa shape index (κ3) is 3.88. The number of benzene rings is 2. The van der Waals surface area contributed by atoms with E-state index in [1.54, 1.807) is 12.1 Å². The van der Waals surface area contributed by atoms with Gasteiger partial charge >= 0.3 is 0 Å². The number of nitrogens with zero attached hydrogens (tertiary/aromatic N) is 1. The highest BCUT2D eigenvalue weighted by Crippen LogP contribution is 2.13. The van der Waals surface area contributed by atoms with Crippen molar-refractivity contribution >= 4 is 0 Å². The lowest BCUT2D eigenvalue weighted by molar-refractivity contribution is 0.317.